The minimum atomic E-state index is -0.586. The molecule has 2 heterocycles. The molecule has 0 fully saturated rings. The van der Waals surface area contributed by atoms with Gasteiger partial charge in [0.2, 0.25) is 5.91 Å². The van der Waals surface area contributed by atoms with Crippen LogP contribution in [-0.2, 0) is 25.4 Å². The molecule has 2 aromatic heterocycles. The predicted octanol–water partition coefficient (Wildman–Crippen LogP) is 1.35. The monoisotopic (exact) mass is 389 g/mol. The van der Waals surface area contributed by atoms with Gasteiger partial charge >= 0.3 is 5.69 Å². The fraction of sp³-hybridized carbons (Fsp3) is 0.333. The van der Waals surface area contributed by atoms with Gasteiger partial charge in [-0.3, -0.25) is 14.2 Å². The van der Waals surface area contributed by atoms with Crippen LogP contribution in [0.4, 0.5) is 0 Å². The van der Waals surface area contributed by atoms with Crippen molar-refractivity contribution in [3.05, 3.63) is 62.0 Å². The third-order valence-corrected chi connectivity index (χ3v) is 4.73. The van der Waals surface area contributed by atoms with Crippen LogP contribution < -0.4 is 16.6 Å². The Hall–Kier alpha value is -2.87. The van der Waals surface area contributed by atoms with E-state index >= 15 is 0 Å². The average molecular weight is 390 g/mol. The molecular formula is C18H20ClN5O3. The van der Waals surface area contributed by atoms with Gasteiger partial charge in [-0.1, -0.05) is 30.7 Å². The number of hydrogen-bond donors (Lipinski definition) is 1. The number of amides is 1. The molecule has 0 aliphatic heterocycles. The highest BCUT2D eigenvalue weighted by Crippen LogP contribution is 2.20. The van der Waals surface area contributed by atoms with E-state index in [-0.39, 0.29) is 23.8 Å². The van der Waals surface area contributed by atoms with Crippen molar-refractivity contribution in [1.29, 1.82) is 0 Å². The molecule has 8 nitrogen and oxygen atoms in total. The lowest BCUT2D eigenvalue weighted by Gasteiger charge is -2.18. The number of imidazole rings is 1. The van der Waals surface area contributed by atoms with Gasteiger partial charge in [-0.05, 0) is 24.1 Å². The van der Waals surface area contributed by atoms with Crippen LogP contribution in [0.15, 0.2) is 40.2 Å². The Labute approximate surface area is 160 Å². The maximum absolute atomic E-state index is 12.7. The van der Waals surface area contributed by atoms with E-state index in [0.717, 1.165) is 10.1 Å². The second-order valence-electron chi connectivity index (χ2n) is 6.34. The number of fused-ring (bicyclic) bond motifs is 1. The van der Waals surface area contributed by atoms with E-state index in [1.165, 1.54) is 22.5 Å². The molecule has 0 bridgehead atoms. The van der Waals surface area contributed by atoms with Crippen molar-refractivity contribution >= 4 is 28.7 Å². The lowest BCUT2D eigenvalue weighted by Crippen LogP contribution is -2.44. The number of aryl methyl sites for hydroxylation is 2. The zero-order valence-electron chi connectivity index (χ0n) is 15.3. The molecule has 0 saturated heterocycles. The topological polar surface area (TPSA) is 90.9 Å². The number of halogens is 1. The minimum Gasteiger partial charge on any atom is -0.348 e. The van der Waals surface area contributed by atoms with Crippen molar-refractivity contribution in [1.82, 2.24) is 24.0 Å². The number of carbonyl (C=O) groups excluding carboxylic acids is 1. The minimum absolute atomic E-state index is 0.267. The van der Waals surface area contributed by atoms with E-state index in [4.69, 9.17) is 11.6 Å². The van der Waals surface area contributed by atoms with E-state index in [1.54, 1.807) is 19.2 Å². The van der Waals surface area contributed by atoms with Crippen LogP contribution in [0.5, 0.6) is 0 Å². The Morgan fingerprint density at radius 2 is 2.04 bits per heavy atom. The number of nitrogens with one attached hydrogen (secondary N) is 1. The van der Waals surface area contributed by atoms with Crippen molar-refractivity contribution in [3.8, 4) is 0 Å². The average Bonchev–Trinajstić information content (AvgIpc) is 3.03. The normalized spacial score (nSPS) is 12.3. The number of hydrogen-bond acceptors (Lipinski definition) is 4. The molecule has 1 aromatic carbocycles. The first-order chi connectivity index (χ1) is 12.8. The molecule has 3 rings (SSSR count). The number of nitrogens with zero attached hydrogens (tertiary/aromatic N) is 4. The Morgan fingerprint density at radius 3 is 2.70 bits per heavy atom. The van der Waals surface area contributed by atoms with Gasteiger partial charge in [-0.2, -0.15) is 0 Å². The largest absolute Gasteiger partial charge is 0.348 e. The molecule has 0 saturated carbocycles. The molecule has 1 amide bonds. The summed E-state index contributed by atoms with van der Waals surface area (Å²) in [4.78, 5) is 41.8. The van der Waals surface area contributed by atoms with Crippen molar-refractivity contribution in [2.75, 3.05) is 0 Å². The summed E-state index contributed by atoms with van der Waals surface area (Å²) in [6.45, 7) is 1.56. The highest BCUT2D eigenvalue weighted by Gasteiger charge is 2.19. The molecule has 1 unspecified atom stereocenters. The van der Waals surface area contributed by atoms with Crippen molar-refractivity contribution in [3.63, 3.8) is 0 Å². The number of carbonyl (C=O) groups is 1. The van der Waals surface area contributed by atoms with Gasteiger partial charge in [-0.25, -0.2) is 14.3 Å². The lowest BCUT2D eigenvalue weighted by atomic mass is 10.0. The van der Waals surface area contributed by atoms with E-state index in [2.05, 4.69) is 10.3 Å². The van der Waals surface area contributed by atoms with Crippen LogP contribution >= 0.6 is 11.6 Å². The highest BCUT2D eigenvalue weighted by molar-refractivity contribution is 6.30. The highest BCUT2D eigenvalue weighted by atomic mass is 35.5. The summed E-state index contributed by atoms with van der Waals surface area (Å²) in [5.41, 5.74) is 0.290. The summed E-state index contributed by atoms with van der Waals surface area (Å²) in [6, 6.07) is 6.95. The van der Waals surface area contributed by atoms with Crippen molar-refractivity contribution in [2.24, 2.45) is 14.1 Å². The fourth-order valence-electron chi connectivity index (χ4n) is 3.06. The zero-order valence-corrected chi connectivity index (χ0v) is 16.0. The summed E-state index contributed by atoms with van der Waals surface area (Å²) in [5, 5.41) is 3.44. The second-order valence-corrected chi connectivity index (χ2v) is 6.78. The van der Waals surface area contributed by atoms with Crippen molar-refractivity contribution in [2.45, 2.75) is 25.9 Å². The van der Waals surface area contributed by atoms with Crippen LogP contribution in [0.1, 0.15) is 24.9 Å². The first kappa shape index (κ1) is 18.9. The molecule has 0 spiro atoms. The molecule has 0 aliphatic rings. The van der Waals surface area contributed by atoms with E-state index in [1.807, 2.05) is 19.1 Å². The quantitative estimate of drug-likeness (QED) is 0.713. The Morgan fingerprint density at radius 1 is 1.30 bits per heavy atom. The number of rotatable bonds is 5. The fourth-order valence-corrected chi connectivity index (χ4v) is 3.26. The van der Waals surface area contributed by atoms with Crippen molar-refractivity contribution < 1.29 is 4.79 Å². The van der Waals surface area contributed by atoms with Crippen LogP contribution in [0, 0.1) is 0 Å². The third-order valence-electron chi connectivity index (χ3n) is 4.50. The van der Waals surface area contributed by atoms with Gasteiger partial charge in [0.1, 0.15) is 6.54 Å². The summed E-state index contributed by atoms with van der Waals surface area (Å²) < 4.78 is 3.72. The Balaban J connectivity index is 1.91. The third kappa shape index (κ3) is 3.52. The van der Waals surface area contributed by atoms with Gasteiger partial charge in [0.05, 0.1) is 12.4 Å². The summed E-state index contributed by atoms with van der Waals surface area (Å²) in [7, 11) is 3.18. The van der Waals surface area contributed by atoms with Gasteiger partial charge in [-0.15, -0.1) is 0 Å². The molecule has 27 heavy (non-hydrogen) atoms. The molecular weight excluding hydrogens is 370 g/mol. The zero-order chi connectivity index (χ0) is 19.7. The van der Waals surface area contributed by atoms with E-state index in [9.17, 15) is 14.4 Å². The van der Waals surface area contributed by atoms with Crippen LogP contribution in [0.3, 0.4) is 0 Å². The standard InChI is InChI=1S/C18H20ClN5O3/c1-4-13(11-6-5-7-12(19)8-11)21-14(25)9-24-17(26)15-16(20-10-22(15)2)23(3)18(24)27/h5-8,10,13H,4,9H2,1-3H3,(H,21,25). The van der Waals surface area contributed by atoms with Crippen LogP contribution in [-0.4, -0.2) is 24.6 Å². The molecule has 1 atom stereocenters. The van der Waals surface area contributed by atoms with Crippen LogP contribution in [0.2, 0.25) is 5.02 Å². The molecule has 1 N–H and O–H groups in total. The summed E-state index contributed by atoms with van der Waals surface area (Å²) >= 11 is 6.02. The lowest BCUT2D eigenvalue weighted by molar-refractivity contribution is -0.122. The molecule has 142 valence electrons. The SMILES string of the molecule is CCC(NC(=O)Cn1c(=O)c2c(ncn2C)n(C)c1=O)c1cccc(Cl)c1. The number of aromatic nitrogens is 4. The van der Waals surface area contributed by atoms with Gasteiger partial charge in [0.25, 0.3) is 5.56 Å². The molecule has 0 radical (unpaired) electrons. The summed E-state index contributed by atoms with van der Waals surface area (Å²) in [6.07, 6.45) is 2.10. The van der Waals surface area contributed by atoms with Gasteiger partial charge < -0.3 is 9.88 Å². The van der Waals surface area contributed by atoms with Gasteiger partial charge in [0, 0.05) is 19.1 Å². The Kier molecular flexibility index (Phi) is 5.18. The molecule has 3 aromatic rings. The van der Waals surface area contributed by atoms with E-state index < -0.39 is 17.2 Å². The van der Waals surface area contributed by atoms with Gasteiger partial charge in [0.15, 0.2) is 11.2 Å². The molecule has 9 heteroatoms. The summed E-state index contributed by atoms with van der Waals surface area (Å²) in [5.74, 6) is -0.428. The first-order valence-corrected chi connectivity index (χ1v) is 8.87. The number of benzene rings is 1. The smallest absolute Gasteiger partial charge is 0.332 e. The molecule has 0 aliphatic carbocycles. The maximum atomic E-state index is 12.7. The predicted molar refractivity (Wildman–Crippen MR) is 103 cm³/mol. The van der Waals surface area contributed by atoms with Crippen LogP contribution in [0.25, 0.3) is 11.2 Å². The maximum Gasteiger partial charge on any atom is 0.332 e. The Bertz CT molecular complexity index is 1130. The first-order valence-electron chi connectivity index (χ1n) is 8.49. The van der Waals surface area contributed by atoms with E-state index in [0.29, 0.717) is 11.4 Å². The second kappa shape index (κ2) is 7.40.